The van der Waals surface area contributed by atoms with Gasteiger partial charge < -0.3 is 14.8 Å². The van der Waals surface area contributed by atoms with Gasteiger partial charge in [0.15, 0.2) is 5.69 Å². The van der Waals surface area contributed by atoms with Crippen LogP contribution in [0.5, 0.6) is 11.5 Å². The molecule has 0 radical (unpaired) electrons. The van der Waals surface area contributed by atoms with Gasteiger partial charge in [0.25, 0.3) is 5.91 Å². The van der Waals surface area contributed by atoms with Crippen molar-refractivity contribution in [3.8, 4) is 22.8 Å². The predicted octanol–water partition coefficient (Wildman–Crippen LogP) is 4.48. The van der Waals surface area contributed by atoms with Gasteiger partial charge in [0.2, 0.25) is 5.82 Å². The van der Waals surface area contributed by atoms with Crippen molar-refractivity contribution >= 4 is 11.7 Å². The molecule has 2 aromatic carbocycles. The lowest BCUT2D eigenvalue weighted by atomic mass is 10.1. The quantitative estimate of drug-likeness (QED) is 0.649. The molecule has 28 heavy (non-hydrogen) atoms. The van der Waals surface area contributed by atoms with Crippen LogP contribution in [0.25, 0.3) is 11.3 Å². The van der Waals surface area contributed by atoms with Crippen molar-refractivity contribution in [2.45, 2.75) is 33.8 Å². The first-order chi connectivity index (χ1) is 13.5. The number of ether oxygens (including phenoxy) is 2. The van der Waals surface area contributed by atoms with E-state index in [1.165, 1.54) is 0 Å². The molecule has 0 aliphatic rings. The molecule has 1 amide bonds. The van der Waals surface area contributed by atoms with Gasteiger partial charge in [-0.05, 0) is 86.0 Å². The minimum atomic E-state index is -0.310. The third-order valence-corrected chi connectivity index (χ3v) is 3.96. The first-order valence-corrected chi connectivity index (χ1v) is 9.12. The number of nitrogens with zero attached hydrogens (tertiary/aromatic N) is 2. The number of benzene rings is 2. The Balaban J connectivity index is 1.77. The minimum absolute atomic E-state index is 0.0704. The van der Waals surface area contributed by atoms with Crippen molar-refractivity contribution in [3.63, 3.8) is 0 Å². The summed E-state index contributed by atoms with van der Waals surface area (Å²) in [5.41, 5.74) is 2.67. The summed E-state index contributed by atoms with van der Waals surface area (Å²) in [5.74, 6) is 1.46. The Kier molecular flexibility index (Phi) is 5.93. The van der Waals surface area contributed by atoms with Crippen LogP contribution >= 0.6 is 0 Å². The predicted molar refractivity (Wildman–Crippen MR) is 106 cm³/mol. The first kappa shape index (κ1) is 19.4. The summed E-state index contributed by atoms with van der Waals surface area (Å²) >= 11 is 0. The average molecular weight is 381 g/mol. The normalized spacial score (nSPS) is 10.8. The Labute approximate surface area is 163 Å². The van der Waals surface area contributed by atoms with Crippen LogP contribution in [0.2, 0.25) is 0 Å². The number of nitrogens with one attached hydrogen (secondary N) is 1. The SMILES string of the molecule is CCOc1ccc(-c2nonc2NC(=O)c2ccc(OC(C)C)cc2)cc1C. The van der Waals surface area contributed by atoms with Gasteiger partial charge in [-0.2, -0.15) is 0 Å². The summed E-state index contributed by atoms with van der Waals surface area (Å²) in [6.07, 6.45) is 0.0704. The standard InChI is InChI=1S/C21H23N3O4/c1-5-26-18-11-8-16(12-14(18)4)19-20(24-28-23-19)22-21(25)15-6-9-17(10-7-15)27-13(2)3/h6-13H,5H2,1-4H3,(H,22,24,25). The molecule has 7 heteroatoms. The second kappa shape index (κ2) is 8.56. The van der Waals surface area contributed by atoms with Crippen LogP contribution in [0, 0.1) is 6.92 Å². The fraction of sp³-hybridized carbons (Fsp3) is 0.286. The fourth-order valence-corrected chi connectivity index (χ4v) is 2.71. The second-order valence-corrected chi connectivity index (χ2v) is 6.52. The Bertz CT molecular complexity index is 949. The van der Waals surface area contributed by atoms with E-state index in [9.17, 15) is 4.79 Å². The molecule has 0 aliphatic heterocycles. The molecule has 1 aromatic heterocycles. The molecular weight excluding hydrogens is 358 g/mol. The van der Waals surface area contributed by atoms with Crippen LogP contribution in [-0.4, -0.2) is 28.9 Å². The Morgan fingerprint density at radius 3 is 2.54 bits per heavy atom. The van der Waals surface area contributed by atoms with E-state index in [0.29, 0.717) is 23.6 Å². The number of anilines is 1. The van der Waals surface area contributed by atoms with Gasteiger partial charge in [-0.3, -0.25) is 4.79 Å². The van der Waals surface area contributed by atoms with E-state index in [0.717, 1.165) is 16.9 Å². The Hall–Kier alpha value is -3.35. The van der Waals surface area contributed by atoms with Gasteiger partial charge in [-0.25, -0.2) is 4.63 Å². The number of aryl methyl sites for hydroxylation is 1. The molecule has 3 aromatic rings. The van der Waals surface area contributed by atoms with E-state index in [1.807, 2.05) is 45.9 Å². The molecule has 0 spiro atoms. The number of hydrogen-bond acceptors (Lipinski definition) is 6. The zero-order valence-electron chi connectivity index (χ0n) is 16.4. The fourth-order valence-electron chi connectivity index (χ4n) is 2.71. The van der Waals surface area contributed by atoms with Crippen molar-refractivity contribution in [3.05, 3.63) is 53.6 Å². The summed E-state index contributed by atoms with van der Waals surface area (Å²) in [4.78, 5) is 12.6. The molecule has 3 rings (SSSR count). The van der Waals surface area contributed by atoms with Gasteiger partial charge in [0.1, 0.15) is 11.5 Å². The monoisotopic (exact) mass is 381 g/mol. The van der Waals surface area contributed by atoms with Gasteiger partial charge >= 0.3 is 0 Å². The molecule has 1 N–H and O–H groups in total. The molecule has 0 bridgehead atoms. The molecule has 0 aliphatic carbocycles. The van der Waals surface area contributed by atoms with Gasteiger partial charge in [0.05, 0.1) is 12.7 Å². The van der Waals surface area contributed by atoms with Crippen molar-refractivity contribution < 1.29 is 18.9 Å². The smallest absolute Gasteiger partial charge is 0.256 e. The molecular formula is C21H23N3O4. The van der Waals surface area contributed by atoms with Crippen LogP contribution in [-0.2, 0) is 0 Å². The second-order valence-electron chi connectivity index (χ2n) is 6.52. The number of hydrogen-bond donors (Lipinski definition) is 1. The number of aromatic nitrogens is 2. The molecule has 146 valence electrons. The van der Waals surface area contributed by atoms with Gasteiger partial charge in [-0.1, -0.05) is 0 Å². The maximum absolute atomic E-state index is 12.6. The van der Waals surface area contributed by atoms with Crippen LogP contribution < -0.4 is 14.8 Å². The summed E-state index contributed by atoms with van der Waals surface area (Å²) in [7, 11) is 0. The molecule has 0 fully saturated rings. The van der Waals surface area contributed by atoms with Crippen molar-refractivity contribution in [1.82, 2.24) is 10.3 Å². The third-order valence-electron chi connectivity index (χ3n) is 3.96. The summed E-state index contributed by atoms with van der Waals surface area (Å²) in [5, 5.41) is 10.5. The average Bonchev–Trinajstić information content (AvgIpc) is 3.11. The summed E-state index contributed by atoms with van der Waals surface area (Å²) in [6, 6.07) is 12.5. The van der Waals surface area contributed by atoms with Gasteiger partial charge in [0, 0.05) is 11.1 Å². The lowest BCUT2D eigenvalue weighted by Gasteiger charge is -2.10. The topological polar surface area (TPSA) is 86.5 Å². The van der Waals surface area contributed by atoms with E-state index >= 15 is 0 Å². The highest BCUT2D eigenvalue weighted by atomic mass is 16.6. The van der Waals surface area contributed by atoms with Crippen molar-refractivity contribution in [2.24, 2.45) is 0 Å². The zero-order valence-corrected chi connectivity index (χ0v) is 16.4. The lowest BCUT2D eigenvalue weighted by Crippen LogP contribution is -2.13. The van der Waals surface area contributed by atoms with Gasteiger partial charge in [-0.15, -0.1) is 0 Å². The van der Waals surface area contributed by atoms with Crippen LogP contribution in [0.3, 0.4) is 0 Å². The van der Waals surface area contributed by atoms with E-state index in [2.05, 4.69) is 15.6 Å². The molecule has 0 unspecified atom stereocenters. The first-order valence-electron chi connectivity index (χ1n) is 9.12. The van der Waals surface area contributed by atoms with Crippen LogP contribution in [0.4, 0.5) is 5.82 Å². The highest BCUT2D eigenvalue weighted by Gasteiger charge is 2.17. The van der Waals surface area contributed by atoms with E-state index < -0.39 is 0 Å². The molecule has 0 atom stereocenters. The maximum Gasteiger partial charge on any atom is 0.256 e. The zero-order chi connectivity index (χ0) is 20.1. The van der Waals surface area contributed by atoms with E-state index in [1.54, 1.807) is 24.3 Å². The maximum atomic E-state index is 12.6. The van der Waals surface area contributed by atoms with Crippen molar-refractivity contribution in [2.75, 3.05) is 11.9 Å². The van der Waals surface area contributed by atoms with Crippen LogP contribution in [0.15, 0.2) is 47.1 Å². The summed E-state index contributed by atoms with van der Waals surface area (Å²) < 4.78 is 16.0. The molecule has 1 heterocycles. The van der Waals surface area contributed by atoms with E-state index in [-0.39, 0.29) is 17.8 Å². The molecule has 0 saturated heterocycles. The molecule has 0 saturated carbocycles. The molecule has 7 nitrogen and oxygen atoms in total. The van der Waals surface area contributed by atoms with Crippen LogP contribution in [0.1, 0.15) is 36.7 Å². The number of amides is 1. The number of carbonyl (C=O) groups is 1. The number of rotatable bonds is 7. The largest absolute Gasteiger partial charge is 0.494 e. The lowest BCUT2D eigenvalue weighted by molar-refractivity contribution is 0.102. The minimum Gasteiger partial charge on any atom is -0.494 e. The number of carbonyl (C=O) groups excluding carboxylic acids is 1. The highest BCUT2D eigenvalue weighted by Crippen LogP contribution is 2.29. The van der Waals surface area contributed by atoms with E-state index in [4.69, 9.17) is 14.1 Å². The third kappa shape index (κ3) is 4.49. The Morgan fingerprint density at radius 2 is 1.89 bits per heavy atom. The summed E-state index contributed by atoms with van der Waals surface area (Å²) in [6.45, 7) is 8.36. The van der Waals surface area contributed by atoms with Crippen molar-refractivity contribution in [1.29, 1.82) is 0 Å². The Morgan fingerprint density at radius 1 is 1.14 bits per heavy atom. The highest BCUT2D eigenvalue weighted by molar-refractivity contribution is 6.05.